The molecule has 4 heteroatoms. The van der Waals surface area contributed by atoms with Crippen LogP contribution in [0.25, 0.3) is 11.1 Å². The lowest BCUT2D eigenvalue weighted by atomic mass is 10.0. The van der Waals surface area contributed by atoms with E-state index in [1.807, 2.05) is 18.2 Å². The van der Waals surface area contributed by atoms with Crippen molar-refractivity contribution in [1.29, 1.82) is 0 Å². The van der Waals surface area contributed by atoms with Gasteiger partial charge in [0, 0.05) is 22.6 Å². The molecule has 1 saturated carbocycles. The van der Waals surface area contributed by atoms with Crippen LogP contribution in [0.1, 0.15) is 18.4 Å². The van der Waals surface area contributed by atoms with E-state index >= 15 is 0 Å². The zero-order valence-corrected chi connectivity index (χ0v) is 12.3. The van der Waals surface area contributed by atoms with Crippen LogP contribution in [0.5, 0.6) is 0 Å². The molecule has 0 atom stereocenters. The number of nitrogens with one attached hydrogen (secondary N) is 1. The lowest BCUT2D eigenvalue weighted by Crippen LogP contribution is -2.15. The van der Waals surface area contributed by atoms with Gasteiger partial charge in [0.05, 0.1) is 0 Å². The van der Waals surface area contributed by atoms with Gasteiger partial charge in [-0.15, -0.1) is 0 Å². The van der Waals surface area contributed by atoms with Crippen LogP contribution >= 0.6 is 23.2 Å². The van der Waals surface area contributed by atoms with Gasteiger partial charge in [0.15, 0.2) is 0 Å². The molecule has 0 saturated heterocycles. The normalized spacial score (nSPS) is 14.6. The standard InChI is InChI=1S/C16H14Cl2FN/c17-13-5-12(6-14(19)8-13)10-1-2-11(16(18)7-10)9-20-15-3-4-15/h1-2,5-8,15,20H,3-4,9H2. The Morgan fingerprint density at radius 2 is 1.85 bits per heavy atom. The van der Waals surface area contributed by atoms with E-state index in [-0.39, 0.29) is 5.82 Å². The number of halogens is 3. The molecule has 2 aromatic rings. The molecule has 0 spiro atoms. The summed E-state index contributed by atoms with van der Waals surface area (Å²) in [4.78, 5) is 0. The maximum atomic E-state index is 13.4. The third-order valence-corrected chi connectivity index (χ3v) is 3.98. The van der Waals surface area contributed by atoms with Crippen LogP contribution in [0.15, 0.2) is 36.4 Å². The maximum Gasteiger partial charge on any atom is 0.125 e. The molecule has 1 aliphatic carbocycles. The van der Waals surface area contributed by atoms with Crippen LogP contribution in [0.3, 0.4) is 0 Å². The first kappa shape index (κ1) is 13.9. The van der Waals surface area contributed by atoms with Gasteiger partial charge >= 0.3 is 0 Å². The number of benzene rings is 2. The zero-order chi connectivity index (χ0) is 14.1. The molecule has 0 radical (unpaired) electrons. The van der Waals surface area contributed by atoms with Crippen molar-refractivity contribution in [3.05, 3.63) is 57.8 Å². The average Bonchev–Trinajstić information content (AvgIpc) is 3.20. The highest BCUT2D eigenvalue weighted by molar-refractivity contribution is 6.32. The quantitative estimate of drug-likeness (QED) is 0.833. The first-order valence-corrected chi connectivity index (χ1v) is 7.36. The van der Waals surface area contributed by atoms with Crippen LogP contribution in [-0.2, 0) is 6.54 Å². The Morgan fingerprint density at radius 3 is 2.50 bits per heavy atom. The molecule has 0 heterocycles. The number of hydrogen-bond donors (Lipinski definition) is 1. The van der Waals surface area contributed by atoms with Crippen molar-refractivity contribution in [3.8, 4) is 11.1 Å². The summed E-state index contributed by atoms with van der Waals surface area (Å²) in [6, 6.07) is 10.9. The molecule has 0 aliphatic heterocycles. The van der Waals surface area contributed by atoms with Crippen LogP contribution in [0.2, 0.25) is 10.0 Å². The summed E-state index contributed by atoms with van der Waals surface area (Å²) < 4.78 is 13.4. The predicted octanol–water partition coefficient (Wildman–Crippen LogP) is 5.05. The molecular weight excluding hydrogens is 296 g/mol. The van der Waals surface area contributed by atoms with Crippen LogP contribution in [0, 0.1) is 5.82 Å². The van der Waals surface area contributed by atoms with Crippen molar-refractivity contribution < 1.29 is 4.39 Å². The van der Waals surface area contributed by atoms with Gasteiger partial charge in [0.2, 0.25) is 0 Å². The van der Waals surface area contributed by atoms with Gasteiger partial charge < -0.3 is 5.32 Å². The van der Waals surface area contributed by atoms with E-state index in [0.717, 1.165) is 23.2 Å². The SMILES string of the molecule is Fc1cc(Cl)cc(-c2ccc(CNC3CC3)c(Cl)c2)c1. The second kappa shape index (κ2) is 5.72. The Bertz CT molecular complexity index is 618. The summed E-state index contributed by atoms with van der Waals surface area (Å²) in [5.74, 6) is -0.344. The van der Waals surface area contributed by atoms with Gasteiger partial charge in [-0.2, -0.15) is 0 Å². The highest BCUT2D eigenvalue weighted by atomic mass is 35.5. The molecule has 1 aliphatic rings. The first-order chi connectivity index (χ1) is 9.61. The molecule has 0 unspecified atom stereocenters. The van der Waals surface area contributed by atoms with Crippen molar-refractivity contribution in [2.75, 3.05) is 0 Å². The molecule has 2 aromatic carbocycles. The average molecular weight is 310 g/mol. The lowest BCUT2D eigenvalue weighted by molar-refractivity contribution is 0.628. The van der Waals surface area contributed by atoms with Gasteiger partial charge in [-0.25, -0.2) is 4.39 Å². The minimum absolute atomic E-state index is 0.344. The molecule has 104 valence electrons. The Morgan fingerprint density at radius 1 is 1.05 bits per heavy atom. The second-order valence-electron chi connectivity index (χ2n) is 5.12. The molecule has 1 nitrogen and oxygen atoms in total. The molecule has 0 aromatic heterocycles. The van der Waals surface area contributed by atoms with E-state index < -0.39 is 0 Å². The van der Waals surface area contributed by atoms with Gasteiger partial charge in [-0.1, -0.05) is 35.3 Å². The predicted molar refractivity (Wildman–Crippen MR) is 81.7 cm³/mol. The van der Waals surface area contributed by atoms with Crippen LogP contribution < -0.4 is 5.32 Å². The fourth-order valence-corrected chi connectivity index (χ4v) is 2.60. The van der Waals surface area contributed by atoms with E-state index in [1.165, 1.54) is 25.0 Å². The second-order valence-corrected chi connectivity index (χ2v) is 5.96. The highest BCUT2D eigenvalue weighted by Gasteiger charge is 2.20. The molecule has 0 amide bonds. The number of rotatable bonds is 4. The molecule has 1 fully saturated rings. The van der Waals surface area contributed by atoms with Gasteiger partial charge in [0.1, 0.15) is 5.82 Å². The summed E-state index contributed by atoms with van der Waals surface area (Å²) in [6.45, 7) is 0.772. The van der Waals surface area contributed by atoms with E-state index in [9.17, 15) is 4.39 Å². The van der Waals surface area contributed by atoms with Crippen molar-refractivity contribution >= 4 is 23.2 Å². The Hall–Kier alpha value is -1.09. The monoisotopic (exact) mass is 309 g/mol. The van der Waals surface area contributed by atoms with E-state index in [0.29, 0.717) is 16.1 Å². The van der Waals surface area contributed by atoms with Crippen LogP contribution in [0.4, 0.5) is 4.39 Å². The van der Waals surface area contributed by atoms with Gasteiger partial charge in [-0.05, 0) is 53.8 Å². The molecule has 1 N–H and O–H groups in total. The highest BCUT2D eigenvalue weighted by Crippen LogP contribution is 2.29. The smallest absolute Gasteiger partial charge is 0.125 e. The van der Waals surface area contributed by atoms with Crippen molar-refractivity contribution in [2.45, 2.75) is 25.4 Å². The van der Waals surface area contributed by atoms with E-state index in [2.05, 4.69) is 5.32 Å². The Balaban J connectivity index is 1.84. The molecule has 3 rings (SSSR count). The van der Waals surface area contributed by atoms with E-state index in [4.69, 9.17) is 23.2 Å². The number of hydrogen-bond acceptors (Lipinski definition) is 1. The Labute approximate surface area is 127 Å². The minimum Gasteiger partial charge on any atom is -0.310 e. The Kier molecular flexibility index (Phi) is 3.97. The molecule has 20 heavy (non-hydrogen) atoms. The van der Waals surface area contributed by atoms with Crippen molar-refractivity contribution in [2.24, 2.45) is 0 Å². The van der Waals surface area contributed by atoms with Gasteiger partial charge in [0.25, 0.3) is 0 Å². The summed E-state index contributed by atoms with van der Waals surface area (Å²) in [7, 11) is 0. The van der Waals surface area contributed by atoms with Crippen molar-refractivity contribution in [1.82, 2.24) is 5.32 Å². The van der Waals surface area contributed by atoms with Crippen molar-refractivity contribution in [3.63, 3.8) is 0 Å². The summed E-state index contributed by atoms with van der Waals surface area (Å²) in [6.07, 6.45) is 2.50. The fourth-order valence-electron chi connectivity index (χ4n) is 2.13. The molecular formula is C16H14Cl2FN. The van der Waals surface area contributed by atoms with E-state index in [1.54, 1.807) is 6.07 Å². The minimum atomic E-state index is -0.344. The largest absolute Gasteiger partial charge is 0.310 e. The zero-order valence-electron chi connectivity index (χ0n) is 10.8. The summed E-state index contributed by atoms with van der Waals surface area (Å²) in [5, 5.41) is 4.50. The fraction of sp³-hybridized carbons (Fsp3) is 0.250. The third kappa shape index (κ3) is 3.32. The lowest BCUT2D eigenvalue weighted by Gasteiger charge is -2.09. The maximum absolute atomic E-state index is 13.4. The topological polar surface area (TPSA) is 12.0 Å². The third-order valence-electron chi connectivity index (χ3n) is 3.41. The first-order valence-electron chi connectivity index (χ1n) is 6.60. The summed E-state index contributed by atoms with van der Waals surface area (Å²) in [5.41, 5.74) is 2.66. The molecule has 0 bridgehead atoms. The summed E-state index contributed by atoms with van der Waals surface area (Å²) >= 11 is 12.2. The van der Waals surface area contributed by atoms with Crippen LogP contribution in [-0.4, -0.2) is 6.04 Å². The van der Waals surface area contributed by atoms with Gasteiger partial charge in [-0.3, -0.25) is 0 Å².